The molecule has 39 heavy (non-hydrogen) atoms. The summed E-state index contributed by atoms with van der Waals surface area (Å²) < 4.78 is 44.7. The number of benzene rings is 3. The lowest BCUT2D eigenvalue weighted by Crippen LogP contribution is -2.21. The van der Waals surface area contributed by atoms with Gasteiger partial charge in [0.1, 0.15) is 11.5 Å². The van der Waals surface area contributed by atoms with Gasteiger partial charge in [-0.15, -0.1) is 0 Å². The summed E-state index contributed by atoms with van der Waals surface area (Å²) in [6.07, 6.45) is 1.62. The molecular weight excluding hydrogens is 508 g/mol. The van der Waals surface area contributed by atoms with Crippen LogP contribution in [0.4, 0.5) is 0 Å². The molecule has 0 saturated carbocycles. The van der Waals surface area contributed by atoms with E-state index in [-0.39, 0.29) is 24.8 Å². The molecule has 10 nitrogen and oxygen atoms in total. The molecule has 3 aromatic rings. The van der Waals surface area contributed by atoms with Gasteiger partial charge in [0.25, 0.3) is 0 Å². The van der Waals surface area contributed by atoms with Crippen LogP contribution in [0.25, 0.3) is 6.08 Å². The fraction of sp³-hybridized carbons (Fsp3) is 0.241. The molecule has 200 valence electrons. The monoisotopic (exact) mass is 532 g/mol. The Hall–Kier alpha value is -4.86. The molecule has 3 aromatic carbocycles. The van der Waals surface area contributed by atoms with Crippen LogP contribution in [0.3, 0.4) is 0 Å². The van der Waals surface area contributed by atoms with Gasteiger partial charge in [0.2, 0.25) is 24.1 Å². The van der Waals surface area contributed by atoms with Crippen LogP contribution >= 0.6 is 0 Å². The molecule has 0 N–H and O–H groups in total. The number of esters is 1. The molecular formula is C29H24O10. The van der Waals surface area contributed by atoms with Gasteiger partial charge in [-0.05, 0) is 48.0 Å². The summed E-state index contributed by atoms with van der Waals surface area (Å²) >= 11 is 0. The van der Waals surface area contributed by atoms with E-state index in [1.807, 2.05) is 0 Å². The molecule has 3 aliphatic rings. The Balaban J connectivity index is 1.45. The first-order valence-electron chi connectivity index (χ1n) is 12.1. The molecule has 1 atom stereocenters. The molecule has 0 saturated heterocycles. The lowest BCUT2D eigenvalue weighted by Gasteiger charge is -2.26. The molecule has 10 heteroatoms. The standard InChI is InChI=1S/C29H24O10/c1-32-19-7-5-14(26(34-3)29(19)35-4)9-20-25(31)16-6-8-18-24(27(16)39-20)17(12-23(30)38-18)15-10-21(33-2)28-22(11-15)36-13-37-28/h5-11,17H,12-13H2,1-4H3/b20-9+. The van der Waals surface area contributed by atoms with Crippen molar-refractivity contribution in [3.05, 3.63) is 64.4 Å². The van der Waals surface area contributed by atoms with Crippen molar-refractivity contribution in [2.45, 2.75) is 12.3 Å². The first kappa shape index (κ1) is 24.5. The smallest absolute Gasteiger partial charge is 0.312 e. The maximum Gasteiger partial charge on any atom is 0.312 e. The van der Waals surface area contributed by atoms with Gasteiger partial charge in [-0.1, -0.05) is 0 Å². The average molecular weight is 533 g/mol. The van der Waals surface area contributed by atoms with Crippen LogP contribution in [0.2, 0.25) is 0 Å². The first-order chi connectivity index (χ1) is 19.0. The minimum Gasteiger partial charge on any atom is -0.493 e. The summed E-state index contributed by atoms with van der Waals surface area (Å²) in [6, 6.07) is 10.3. The van der Waals surface area contributed by atoms with Gasteiger partial charge in [0, 0.05) is 17.0 Å². The Morgan fingerprint density at radius 1 is 0.795 bits per heavy atom. The molecule has 0 aromatic heterocycles. The Bertz CT molecular complexity index is 1550. The van der Waals surface area contributed by atoms with Gasteiger partial charge < -0.3 is 37.9 Å². The molecule has 0 aliphatic carbocycles. The molecule has 3 aliphatic heterocycles. The summed E-state index contributed by atoms with van der Waals surface area (Å²) in [5.41, 5.74) is 2.24. The topological polar surface area (TPSA) is 108 Å². The van der Waals surface area contributed by atoms with Crippen LogP contribution in [0.5, 0.6) is 46.0 Å². The average Bonchev–Trinajstić information content (AvgIpc) is 3.55. The van der Waals surface area contributed by atoms with E-state index in [2.05, 4.69) is 0 Å². The Kier molecular flexibility index (Phi) is 5.94. The number of hydrogen-bond acceptors (Lipinski definition) is 10. The number of carbonyl (C=O) groups is 2. The number of carbonyl (C=O) groups excluding carboxylic acids is 2. The Labute approximate surface area is 223 Å². The Morgan fingerprint density at radius 2 is 1.59 bits per heavy atom. The lowest BCUT2D eigenvalue weighted by molar-refractivity contribution is -0.135. The van der Waals surface area contributed by atoms with Gasteiger partial charge >= 0.3 is 5.97 Å². The van der Waals surface area contributed by atoms with E-state index in [1.54, 1.807) is 42.5 Å². The second-order valence-corrected chi connectivity index (χ2v) is 8.91. The van der Waals surface area contributed by atoms with Gasteiger partial charge in [0.15, 0.2) is 28.8 Å². The third-order valence-corrected chi connectivity index (χ3v) is 6.88. The highest BCUT2D eigenvalue weighted by Gasteiger charge is 2.39. The van der Waals surface area contributed by atoms with Crippen LogP contribution in [0.1, 0.15) is 39.4 Å². The van der Waals surface area contributed by atoms with Crippen molar-refractivity contribution in [1.82, 2.24) is 0 Å². The summed E-state index contributed by atoms with van der Waals surface area (Å²) in [5, 5.41) is 0. The number of fused-ring (bicyclic) bond motifs is 4. The van der Waals surface area contributed by atoms with Crippen molar-refractivity contribution in [2.24, 2.45) is 0 Å². The number of rotatable bonds is 6. The minimum absolute atomic E-state index is 0.0341. The van der Waals surface area contributed by atoms with Crippen molar-refractivity contribution in [2.75, 3.05) is 35.2 Å². The van der Waals surface area contributed by atoms with Gasteiger partial charge in [-0.2, -0.15) is 0 Å². The van der Waals surface area contributed by atoms with E-state index >= 15 is 0 Å². The second kappa shape index (κ2) is 9.46. The van der Waals surface area contributed by atoms with Crippen LogP contribution in [0, 0.1) is 0 Å². The zero-order valence-corrected chi connectivity index (χ0v) is 21.6. The number of hydrogen-bond donors (Lipinski definition) is 0. The number of ketones is 1. The highest BCUT2D eigenvalue weighted by Crippen LogP contribution is 2.52. The summed E-state index contributed by atoms with van der Waals surface area (Å²) in [6.45, 7) is 0.0687. The van der Waals surface area contributed by atoms with Gasteiger partial charge in [0.05, 0.1) is 40.4 Å². The quantitative estimate of drug-likeness (QED) is 0.256. The Morgan fingerprint density at radius 3 is 2.33 bits per heavy atom. The summed E-state index contributed by atoms with van der Waals surface area (Å²) in [7, 11) is 6.06. The van der Waals surface area contributed by atoms with E-state index in [0.29, 0.717) is 62.7 Å². The molecule has 6 rings (SSSR count). The first-order valence-corrected chi connectivity index (χ1v) is 12.1. The fourth-order valence-corrected chi connectivity index (χ4v) is 5.12. The van der Waals surface area contributed by atoms with E-state index in [1.165, 1.54) is 28.4 Å². The molecule has 3 heterocycles. The van der Waals surface area contributed by atoms with Gasteiger partial charge in [-0.25, -0.2) is 0 Å². The van der Waals surface area contributed by atoms with Crippen LogP contribution in [-0.2, 0) is 4.79 Å². The molecule has 0 radical (unpaired) electrons. The third-order valence-electron chi connectivity index (χ3n) is 6.88. The normalized spacial score (nSPS) is 17.7. The lowest BCUT2D eigenvalue weighted by atomic mass is 9.84. The van der Waals surface area contributed by atoms with Crippen molar-refractivity contribution in [3.63, 3.8) is 0 Å². The van der Waals surface area contributed by atoms with Crippen molar-refractivity contribution in [1.29, 1.82) is 0 Å². The zero-order valence-electron chi connectivity index (χ0n) is 21.6. The van der Waals surface area contributed by atoms with E-state index in [4.69, 9.17) is 37.9 Å². The largest absolute Gasteiger partial charge is 0.493 e. The predicted molar refractivity (Wildman–Crippen MR) is 137 cm³/mol. The van der Waals surface area contributed by atoms with Crippen LogP contribution < -0.4 is 37.9 Å². The molecule has 1 unspecified atom stereocenters. The van der Waals surface area contributed by atoms with E-state index < -0.39 is 11.9 Å². The zero-order chi connectivity index (χ0) is 27.3. The van der Waals surface area contributed by atoms with E-state index in [9.17, 15) is 9.59 Å². The maximum atomic E-state index is 13.5. The SMILES string of the molecule is COc1cc(C2CC(=O)Oc3ccc4c(c32)O/C(=C/c2ccc(OC)c(OC)c2OC)C4=O)cc2c1OCO2. The van der Waals surface area contributed by atoms with Crippen molar-refractivity contribution >= 4 is 17.8 Å². The predicted octanol–water partition coefficient (Wildman–Crippen LogP) is 4.51. The van der Waals surface area contributed by atoms with Crippen molar-refractivity contribution < 1.29 is 47.5 Å². The fourth-order valence-electron chi connectivity index (χ4n) is 5.12. The summed E-state index contributed by atoms with van der Waals surface area (Å²) in [5.74, 6) is 2.28. The van der Waals surface area contributed by atoms with E-state index in [0.717, 1.165) is 5.56 Å². The van der Waals surface area contributed by atoms with Crippen molar-refractivity contribution in [3.8, 4) is 46.0 Å². The maximum absolute atomic E-state index is 13.5. The van der Waals surface area contributed by atoms with Crippen LogP contribution in [0.15, 0.2) is 42.2 Å². The highest BCUT2D eigenvalue weighted by molar-refractivity contribution is 6.15. The molecule has 0 bridgehead atoms. The molecule has 0 spiro atoms. The minimum atomic E-state index is -0.484. The molecule has 0 amide bonds. The highest BCUT2D eigenvalue weighted by atomic mass is 16.7. The van der Waals surface area contributed by atoms with Gasteiger partial charge in [-0.3, -0.25) is 9.59 Å². The number of methoxy groups -OCH3 is 4. The third kappa shape index (κ3) is 3.87. The number of ether oxygens (including phenoxy) is 8. The number of allylic oxidation sites excluding steroid dienone is 1. The summed E-state index contributed by atoms with van der Waals surface area (Å²) in [4.78, 5) is 26.1. The second-order valence-electron chi connectivity index (χ2n) is 8.91. The number of Topliss-reactive ketones (excluding diaryl/α,β-unsaturated/α-hetero) is 1. The van der Waals surface area contributed by atoms with Crippen LogP contribution in [-0.4, -0.2) is 47.0 Å². The molecule has 0 fully saturated rings.